The van der Waals surface area contributed by atoms with Gasteiger partial charge >= 0.3 is 0 Å². The van der Waals surface area contributed by atoms with E-state index in [4.69, 9.17) is 10.5 Å². The van der Waals surface area contributed by atoms with E-state index in [0.29, 0.717) is 12.5 Å². The zero-order chi connectivity index (χ0) is 7.98. The Bertz CT molecular complexity index is 69.7. The number of hydrogen-bond donors (Lipinski definition) is 1. The van der Waals surface area contributed by atoms with Crippen LogP contribution in [0.2, 0.25) is 0 Å². The summed E-state index contributed by atoms with van der Waals surface area (Å²) in [5.74, 6) is 0.612. The highest BCUT2D eigenvalue weighted by Crippen LogP contribution is 1.99. The Morgan fingerprint density at radius 3 is 2.30 bits per heavy atom. The standard InChI is InChI=1S/C8H19NO/c1-4-8(5-9)10-6-7(2)3/h7-8H,4-6,9H2,1-3H3. The molecule has 0 fully saturated rings. The van der Waals surface area contributed by atoms with Gasteiger partial charge in [-0.15, -0.1) is 0 Å². The Balaban J connectivity index is 3.26. The van der Waals surface area contributed by atoms with Gasteiger partial charge in [-0.25, -0.2) is 0 Å². The first-order valence-corrected chi connectivity index (χ1v) is 4.02. The van der Waals surface area contributed by atoms with Crippen molar-refractivity contribution in [2.75, 3.05) is 13.2 Å². The van der Waals surface area contributed by atoms with E-state index in [9.17, 15) is 0 Å². The lowest BCUT2D eigenvalue weighted by molar-refractivity contribution is 0.0392. The lowest BCUT2D eigenvalue weighted by atomic mass is 10.2. The van der Waals surface area contributed by atoms with Gasteiger partial charge < -0.3 is 10.5 Å². The number of ether oxygens (including phenoxy) is 1. The summed E-state index contributed by atoms with van der Waals surface area (Å²) >= 11 is 0. The molecule has 2 N–H and O–H groups in total. The number of hydrogen-bond acceptors (Lipinski definition) is 2. The van der Waals surface area contributed by atoms with Gasteiger partial charge in [0.2, 0.25) is 0 Å². The lowest BCUT2D eigenvalue weighted by Gasteiger charge is -2.14. The molecular formula is C8H19NO. The fourth-order valence-electron chi connectivity index (χ4n) is 0.681. The van der Waals surface area contributed by atoms with Crippen LogP contribution >= 0.6 is 0 Å². The molecule has 62 valence electrons. The lowest BCUT2D eigenvalue weighted by Crippen LogP contribution is -2.24. The van der Waals surface area contributed by atoms with Crippen LogP contribution in [0.1, 0.15) is 27.2 Å². The van der Waals surface area contributed by atoms with Crippen LogP contribution in [0.3, 0.4) is 0 Å². The predicted molar refractivity (Wildman–Crippen MR) is 43.9 cm³/mol. The van der Waals surface area contributed by atoms with Gasteiger partial charge in [0.1, 0.15) is 0 Å². The highest BCUT2D eigenvalue weighted by Gasteiger charge is 2.03. The van der Waals surface area contributed by atoms with Crippen LogP contribution in [-0.4, -0.2) is 19.3 Å². The van der Waals surface area contributed by atoms with Crippen LogP contribution in [0.5, 0.6) is 0 Å². The Morgan fingerprint density at radius 2 is 2.00 bits per heavy atom. The topological polar surface area (TPSA) is 35.2 Å². The molecule has 0 aromatic rings. The van der Waals surface area contributed by atoms with Crippen molar-refractivity contribution in [3.8, 4) is 0 Å². The van der Waals surface area contributed by atoms with Crippen molar-refractivity contribution in [3.05, 3.63) is 0 Å². The quantitative estimate of drug-likeness (QED) is 0.634. The van der Waals surface area contributed by atoms with Crippen LogP contribution in [0.4, 0.5) is 0 Å². The van der Waals surface area contributed by atoms with E-state index in [1.807, 2.05) is 0 Å². The van der Waals surface area contributed by atoms with Crippen LogP contribution in [0, 0.1) is 5.92 Å². The highest BCUT2D eigenvalue weighted by atomic mass is 16.5. The maximum Gasteiger partial charge on any atom is 0.0694 e. The Hall–Kier alpha value is -0.0800. The second-order valence-corrected chi connectivity index (χ2v) is 2.99. The third-order valence-corrected chi connectivity index (χ3v) is 1.38. The second-order valence-electron chi connectivity index (χ2n) is 2.99. The van der Waals surface area contributed by atoms with Crippen molar-refractivity contribution in [1.82, 2.24) is 0 Å². The Labute approximate surface area is 63.7 Å². The zero-order valence-electron chi connectivity index (χ0n) is 7.26. The molecule has 0 aromatic carbocycles. The molecule has 0 saturated heterocycles. The normalized spacial score (nSPS) is 14.1. The first-order chi connectivity index (χ1) is 4.70. The number of nitrogens with two attached hydrogens (primary N) is 1. The summed E-state index contributed by atoms with van der Waals surface area (Å²) in [6.07, 6.45) is 1.28. The van der Waals surface area contributed by atoms with Gasteiger partial charge in [-0.2, -0.15) is 0 Å². The van der Waals surface area contributed by atoms with Crippen molar-refractivity contribution in [1.29, 1.82) is 0 Å². The summed E-state index contributed by atoms with van der Waals surface area (Å²) < 4.78 is 5.48. The Kier molecular flexibility index (Phi) is 5.64. The SMILES string of the molecule is CCC(CN)OCC(C)C. The van der Waals surface area contributed by atoms with Crippen LogP contribution in [0.25, 0.3) is 0 Å². The van der Waals surface area contributed by atoms with Crippen LogP contribution in [-0.2, 0) is 4.74 Å². The first kappa shape index (κ1) is 9.92. The molecule has 2 nitrogen and oxygen atoms in total. The molecule has 0 aliphatic carbocycles. The van der Waals surface area contributed by atoms with Gasteiger partial charge in [0.15, 0.2) is 0 Å². The molecule has 10 heavy (non-hydrogen) atoms. The van der Waals surface area contributed by atoms with Gasteiger partial charge in [-0.05, 0) is 12.3 Å². The van der Waals surface area contributed by atoms with E-state index in [-0.39, 0.29) is 6.10 Å². The van der Waals surface area contributed by atoms with E-state index >= 15 is 0 Å². The van der Waals surface area contributed by atoms with Crippen LogP contribution < -0.4 is 5.73 Å². The van der Waals surface area contributed by atoms with E-state index in [1.54, 1.807) is 0 Å². The molecule has 0 aliphatic rings. The molecule has 0 aliphatic heterocycles. The van der Waals surface area contributed by atoms with Crippen molar-refractivity contribution >= 4 is 0 Å². The van der Waals surface area contributed by atoms with Gasteiger partial charge in [0.05, 0.1) is 6.10 Å². The second kappa shape index (κ2) is 5.69. The van der Waals surface area contributed by atoms with Crippen molar-refractivity contribution < 1.29 is 4.74 Å². The fourth-order valence-corrected chi connectivity index (χ4v) is 0.681. The van der Waals surface area contributed by atoms with E-state index in [0.717, 1.165) is 13.0 Å². The fraction of sp³-hybridized carbons (Fsp3) is 1.00. The maximum absolute atomic E-state index is 5.48. The van der Waals surface area contributed by atoms with Crippen molar-refractivity contribution in [3.63, 3.8) is 0 Å². The average Bonchev–Trinajstić information content (AvgIpc) is 1.90. The highest BCUT2D eigenvalue weighted by molar-refractivity contribution is 4.55. The third kappa shape index (κ3) is 4.77. The molecule has 0 saturated carbocycles. The maximum atomic E-state index is 5.48. The molecule has 0 radical (unpaired) electrons. The molecule has 0 bridgehead atoms. The molecule has 0 rings (SSSR count). The van der Waals surface area contributed by atoms with Gasteiger partial charge in [0.25, 0.3) is 0 Å². The molecule has 1 atom stereocenters. The summed E-state index contributed by atoms with van der Waals surface area (Å²) in [7, 11) is 0. The molecule has 0 aromatic heterocycles. The summed E-state index contributed by atoms with van der Waals surface area (Å²) in [5.41, 5.74) is 5.44. The first-order valence-electron chi connectivity index (χ1n) is 4.02. The molecular weight excluding hydrogens is 126 g/mol. The minimum absolute atomic E-state index is 0.266. The summed E-state index contributed by atoms with van der Waals surface area (Å²) in [4.78, 5) is 0. The van der Waals surface area contributed by atoms with E-state index < -0.39 is 0 Å². The molecule has 0 spiro atoms. The Morgan fingerprint density at radius 1 is 1.40 bits per heavy atom. The minimum atomic E-state index is 0.266. The summed E-state index contributed by atoms with van der Waals surface area (Å²) in [6, 6.07) is 0. The van der Waals surface area contributed by atoms with E-state index in [2.05, 4.69) is 20.8 Å². The molecule has 1 unspecified atom stereocenters. The smallest absolute Gasteiger partial charge is 0.0694 e. The van der Waals surface area contributed by atoms with Crippen molar-refractivity contribution in [2.45, 2.75) is 33.3 Å². The van der Waals surface area contributed by atoms with Gasteiger partial charge in [0, 0.05) is 13.2 Å². The third-order valence-electron chi connectivity index (χ3n) is 1.38. The van der Waals surface area contributed by atoms with E-state index in [1.165, 1.54) is 0 Å². The minimum Gasteiger partial charge on any atom is -0.377 e. The summed E-state index contributed by atoms with van der Waals surface area (Å²) in [6.45, 7) is 7.85. The van der Waals surface area contributed by atoms with Gasteiger partial charge in [-0.3, -0.25) is 0 Å². The molecule has 0 heterocycles. The monoisotopic (exact) mass is 145 g/mol. The largest absolute Gasteiger partial charge is 0.377 e. The zero-order valence-corrected chi connectivity index (χ0v) is 7.26. The number of rotatable bonds is 5. The van der Waals surface area contributed by atoms with Crippen molar-refractivity contribution in [2.24, 2.45) is 11.7 Å². The predicted octanol–water partition coefficient (Wildman–Crippen LogP) is 1.40. The summed E-state index contributed by atoms with van der Waals surface area (Å²) in [5, 5.41) is 0. The molecule has 0 amide bonds. The van der Waals surface area contributed by atoms with Gasteiger partial charge in [-0.1, -0.05) is 20.8 Å². The molecule has 2 heteroatoms. The van der Waals surface area contributed by atoms with Crippen LogP contribution in [0.15, 0.2) is 0 Å². The average molecular weight is 145 g/mol.